The molecule has 0 amide bonds. The highest BCUT2D eigenvalue weighted by Gasteiger charge is 2.24. The zero-order valence-corrected chi connectivity index (χ0v) is 24.9. The van der Waals surface area contributed by atoms with Crippen molar-refractivity contribution in [1.82, 2.24) is 0 Å². The van der Waals surface area contributed by atoms with Crippen molar-refractivity contribution in [1.29, 1.82) is 5.26 Å². The van der Waals surface area contributed by atoms with Crippen molar-refractivity contribution in [2.75, 3.05) is 0 Å². The molecule has 46 heavy (non-hydrogen) atoms. The van der Waals surface area contributed by atoms with Crippen LogP contribution in [-0.2, 0) is 0 Å². The molecule has 210 valence electrons. The highest BCUT2D eigenvalue weighted by Crippen LogP contribution is 2.51. The van der Waals surface area contributed by atoms with Crippen LogP contribution < -0.4 is 0 Å². The lowest BCUT2D eigenvalue weighted by Gasteiger charge is -2.14. The summed E-state index contributed by atoms with van der Waals surface area (Å²) in [6, 6.07) is 57.2. The molecule has 0 unspecified atom stereocenters. The molecule has 0 aromatic heterocycles. The van der Waals surface area contributed by atoms with E-state index in [1.54, 1.807) is 0 Å². The molecular weight excluding hydrogens is 555 g/mol. The maximum atomic E-state index is 10.1. The van der Waals surface area contributed by atoms with Gasteiger partial charge in [0.1, 0.15) is 0 Å². The van der Waals surface area contributed by atoms with E-state index in [0.717, 1.165) is 22.3 Å². The van der Waals surface area contributed by atoms with Gasteiger partial charge in [0.25, 0.3) is 0 Å². The Balaban J connectivity index is 1.12. The molecule has 1 nitrogen and oxygen atoms in total. The van der Waals surface area contributed by atoms with Crippen LogP contribution in [0.1, 0.15) is 5.56 Å². The second-order valence-electron chi connectivity index (χ2n) is 12.4. The second kappa shape index (κ2) is 9.38. The zero-order chi connectivity index (χ0) is 30.4. The number of rotatable bonds is 3. The number of fused-ring (bicyclic) bond motifs is 6. The maximum absolute atomic E-state index is 10.1. The van der Waals surface area contributed by atoms with Gasteiger partial charge < -0.3 is 0 Å². The molecule has 10 rings (SSSR count). The van der Waals surface area contributed by atoms with Gasteiger partial charge >= 0.3 is 0 Å². The van der Waals surface area contributed by atoms with E-state index >= 15 is 0 Å². The van der Waals surface area contributed by atoms with Crippen LogP contribution in [0, 0.1) is 11.3 Å². The summed E-state index contributed by atoms with van der Waals surface area (Å²) in [6.45, 7) is 0. The van der Waals surface area contributed by atoms with Crippen LogP contribution in [0.25, 0.3) is 99.4 Å². The average Bonchev–Trinajstić information content (AvgIpc) is 3.63. The summed E-state index contributed by atoms with van der Waals surface area (Å²) < 4.78 is 0. The molecule has 0 spiro atoms. The largest absolute Gasteiger partial charge is 0.192 e. The first kappa shape index (κ1) is 25.1. The van der Waals surface area contributed by atoms with Crippen molar-refractivity contribution in [3.05, 3.63) is 157 Å². The Kier molecular flexibility index (Phi) is 5.13. The van der Waals surface area contributed by atoms with E-state index in [-0.39, 0.29) is 0 Å². The molecular formula is C45H25N. The van der Waals surface area contributed by atoms with Gasteiger partial charge in [-0.1, -0.05) is 127 Å². The second-order valence-corrected chi connectivity index (χ2v) is 12.4. The van der Waals surface area contributed by atoms with E-state index in [2.05, 4.69) is 146 Å². The number of hydrogen-bond donors (Lipinski definition) is 0. The predicted molar refractivity (Wildman–Crippen MR) is 191 cm³/mol. The van der Waals surface area contributed by atoms with Gasteiger partial charge in [0.2, 0.25) is 0 Å². The summed E-state index contributed by atoms with van der Waals surface area (Å²) in [4.78, 5) is 0. The van der Waals surface area contributed by atoms with Crippen LogP contribution in [0.4, 0.5) is 0 Å². The molecule has 0 radical (unpaired) electrons. The van der Waals surface area contributed by atoms with Crippen LogP contribution in [0.5, 0.6) is 0 Å². The number of nitrogens with zero attached hydrogens (tertiary/aromatic N) is 1. The highest BCUT2D eigenvalue weighted by atomic mass is 14.3. The van der Waals surface area contributed by atoms with E-state index < -0.39 is 0 Å². The van der Waals surface area contributed by atoms with E-state index in [4.69, 9.17) is 0 Å². The Morgan fingerprint density at radius 3 is 1.28 bits per heavy atom. The fourth-order valence-corrected chi connectivity index (χ4v) is 8.00. The fraction of sp³-hybridized carbons (Fsp3) is 0. The Bertz CT molecular complexity index is 2590. The van der Waals surface area contributed by atoms with Crippen LogP contribution in [0.15, 0.2) is 152 Å². The van der Waals surface area contributed by atoms with Crippen LogP contribution in [-0.4, -0.2) is 0 Å². The standard InChI is InChI=1S/C45H25N/c46-26-27-22-30(25-31(23-27)33-19-21-43-37-13-4-2-11-35(37)41-17-7-15-39(33)45(41)43)28-8-5-9-29(24-28)32-18-20-42-36-12-3-1-10-34(36)40-16-6-14-38(32)44(40)42/h1-25H. The number of benzene rings is 8. The molecule has 2 aliphatic rings. The lowest BCUT2D eigenvalue weighted by Crippen LogP contribution is -1.89. The molecule has 0 atom stereocenters. The van der Waals surface area contributed by atoms with Crippen molar-refractivity contribution in [3.8, 4) is 84.0 Å². The third kappa shape index (κ3) is 3.44. The average molecular weight is 580 g/mol. The van der Waals surface area contributed by atoms with Crippen molar-refractivity contribution >= 4 is 21.5 Å². The van der Waals surface area contributed by atoms with Crippen LogP contribution in [0.2, 0.25) is 0 Å². The molecule has 0 aliphatic heterocycles. The Hall–Kier alpha value is -6.23. The lowest BCUT2D eigenvalue weighted by atomic mass is 9.90. The van der Waals surface area contributed by atoms with Crippen LogP contribution in [0.3, 0.4) is 0 Å². The summed E-state index contributed by atoms with van der Waals surface area (Å²) in [6.07, 6.45) is 0. The molecule has 0 N–H and O–H groups in total. The molecule has 0 saturated heterocycles. The summed E-state index contributed by atoms with van der Waals surface area (Å²) >= 11 is 0. The van der Waals surface area contributed by atoms with E-state index in [9.17, 15) is 5.26 Å². The predicted octanol–water partition coefficient (Wildman–Crippen LogP) is 12.2. The van der Waals surface area contributed by atoms with Gasteiger partial charge in [-0.05, 0) is 124 Å². The first-order chi connectivity index (χ1) is 22.8. The van der Waals surface area contributed by atoms with Crippen molar-refractivity contribution in [2.45, 2.75) is 0 Å². The molecule has 8 aromatic carbocycles. The first-order valence-electron chi connectivity index (χ1n) is 15.7. The molecule has 0 heterocycles. The van der Waals surface area contributed by atoms with Gasteiger partial charge in [-0.3, -0.25) is 0 Å². The maximum Gasteiger partial charge on any atom is 0.0992 e. The van der Waals surface area contributed by atoms with Crippen molar-refractivity contribution in [3.63, 3.8) is 0 Å². The third-order valence-corrected chi connectivity index (χ3v) is 9.98. The molecule has 2 aliphatic carbocycles. The molecule has 0 bridgehead atoms. The smallest absolute Gasteiger partial charge is 0.0992 e. The molecule has 0 fully saturated rings. The van der Waals surface area contributed by atoms with Gasteiger partial charge in [0.15, 0.2) is 0 Å². The van der Waals surface area contributed by atoms with Gasteiger partial charge in [-0.15, -0.1) is 0 Å². The minimum atomic E-state index is 0.660. The van der Waals surface area contributed by atoms with Crippen molar-refractivity contribution < 1.29 is 0 Å². The molecule has 0 saturated carbocycles. The van der Waals surface area contributed by atoms with Crippen molar-refractivity contribution in [2.24, 2.45) is 0 Å². The quantitative estimate of drug-likeness (QED) is 0.204. The van der Waals surface area contributed by atoms with E-state index in [0.29, 0.717) is 5.56 Å². The first-order valence-corrected chi connectivity index (χ1v) is 15.7. The number of nitriles is 1. The lowest BCUT2D eigenvalue weighted by molar-refractivity contribution is 1.48. The Morgan fingerprint density at radius 2 is 0.717 bits per heavy atom. The molecule has 1 heteroatoms. The number of hydrogen-bond acceptors (Lipinski definition) is 1. The van der Waals surface area contributed by atoms with Gasteiger partial charge in [0.05, 0.1) is 11.6 Å². The van der Waals surface area contributed by atoms with Gasteiger partial charge in [-0.25, -0.2) is 0 Å². The summed E-state index contributed by atoms with van der Waals surface area (Å²) in [5.74, 6) is 0. The topological polar surface area (TPSA) is 23.8 Å². The summed E-state index contributed by atoms with van der Waals surface area (Å²) in [5, 5.41) is 15.2. The minimum Gasteiger partial charge on any atom is -0.192 e. The highest BCUT2D eigenvalue weighted by molar-refractivity contribution is 6.20. The Morgan fingerprint density at radius 1 is 0.304 bits per heavy atom. The monoisotopic (exact) mass is 579 g/mol. The Labute approximate surface area is 267 Å². The summed E-state index contributed by atoms with van der Waals surface area (Å²) in [7, 11) is 0. The molecule has 8 aromatic rings. The van der Waals surface area contributed by atoms with Gasteiger partial charge in [0, 0.05) is 0 Å². The normalized spacial score (nSPS) is 11.9. The third-order valence-electron chi connectivity index (χ3n) is 9.98. The summed E-state index contributed by atoms with van der Waals surface area (Å²) in [5.41, 5.74) is 17.8. The van der Waals surface area contributed by atoms with Crippen LogP contribution >= 0.6 is 0 Å². The minimum absolute atomic E-state index is 0.660. The van der Waals surface area contributed by atoms with Gasteiger partial charge in [-0.2, -0.15) is 5.26 Å². The zero-order valence-electron chi connectivity index (χ0n) is 24.9. The SMILES string of the molecule is N#Cc1cc(-c2cccc(-c3ccc4c5c(cccc35)-c3ccccc3-4)c2)cc(-c2ccc3c4c(cccc24)-c2ccccc2-3)c1. The van der Waals surface area contributed by atoms with E-state index in [1.807, 2.05) is 12.1 Å². The fourth-order valence-electron chi connectivity index (χ4n) is 8.00. The van der Waals surface area contributed by atoms with E-state index in [1.165, 1.54) is 77.2 Å².